The van der Waals surface area contributed by atoms with E-state index in [0.29, 0.717) is 30.9 Å². The number of para-hydroxylation sites is 2. The van der Waals surface area contributed by atoms with E-state index in [1.165, 1.54) is 0 Å². The van der Waals surface area contributed by atoms with E-state index in [2.05, 4.69) is 27.7 Å². The molecule has 2 aromatic carbocycles. The first kappa shape index (κ1) is 25.7. The molecule has 0 spiro atoms. The number of esters is 1. The van der Waals surface area contributed by atoms with E-state index in [4.69, 9.17) is 14.5 Å². The molecule has 0 unspecified atom stereocenters. The van der Waals surface area contributed by atoms with Gasteiger partial charge >= 0.3 is 5.97 Å². The van der Waals surface area contributed by atoms with Crippen molar-refractivity contribution in [2.45, 2.75) is 53.5 Å². The first-order valence-electron chi connectivity index (χ1n) is 13.0. The van der Waals surface area contributed by atoms with Crippen molar-refractivity contribution in [1.29, 1.82) is 0 Å². The number of ether oxygens (including phenoxy) is 2. The lowest BCUT2D eigenvalue weighted by Gasteiger charge is -2.38. The van der Waals surface area contributed by atoms with Gasteiger partial charge in [-0.15, -0.1) is 0 Å². The number of hydrogen-bond donors (Lipinski definition) is 0. The smallest absolute Gasteiger partial charge is 0.321 e. The first-order valence-corrected chi connectivity index (χ1v) is 13.0. The predicted molar refractivity (Wildman–Crippen MR) is 141 cm³/mol. The largest absolute Gasteiger partial charge is 0.494 e. The maximum atomic E-state index is 13.9. The van der Waals surface area contributed by atoms with E-state index in [9.17, 15) is 9.59 Å². The molecule has 7 nitrogen and oxygen atoms in total. The van der Waals surface area contributed by atoms with Crippen molar-refractivity contribution in [3.8, 4) is 5.75 Å². The molecule has 4 rings (SSSR count). The molecule has 2 atom stereocenters. The molecule has 0 saturated carbocycles. The quantitative estimate of drug-likeness (QED) is 0.272. The Morgan fingerprint density at radius 1 is 1.00 bits per heavy atom. The second-order valence-corrected chi connectivity index (χ2v) is 10.2. The summed E-state index contributed by atoms with van der Waals surface area (Å²) in [5.74, 6) is 0.525. The first-order chi connectivity index (χ1) is 17.3. The van der Waals surface area contributed by atoms with E-state index < -0.39 is 17.9 Å². The number of carbonyl (C=O) groups is 2. The molecule has 0 radical (unpaired) electrons. The van der Waals surface area contributed by atoms with Crippen molar-refractivity contribution in [3.05, 3.63) is 54.1 Å². The molecule has 0 fully saturated rings. The van der Waals surface area contributed by atoms with Crippen LogP contribution >= 0.6 is 0 Å². The number of anilines is 1. The predicted octanol–water partition coefficient (Wildman–Crippen LogP) is 5.62. The zero-order valence-corrected chi connectivity index (χ0v) is 21.9. The fourth-order valence-electron chi connectivity index (χ4n) is 4.62. The van der Waals surface area contributed by atoms with E-state index in [1.807, 2.05) is 53.1 Å². The number of benzene rings is 2. The summed E-state index contributed by atoms with van der Waals surface area (Å²) in [5, 5.41) is 0. The normalized spacial score (nSPS) is 17.6. The second-order valence-electron chi connectivity index (χ2n) is 10.2. The van der Waals surface area contributed by atoms with Gasteiger partial charge in [-0.3, -0.25) is 14.5 Å². The number of amides is 1. The Labute approximate surface area is 213 Å². The minimum Gasteiger partial charge on any atom is -0.494 e. The Balaban J connectivity index is 1.81. The molecule has 36 heavy (non-hydrogen) atoms. The molecule has 0 bridgehead atoms. The van der Waals surface area contributed by atoms with Gasteiger partial charge in [-0.1, -0.05) is 52.0 Å². The Bertz CT molecular complexity index is 1200. The molecule has 0 aliphatic carbocycles. The highest BCUT2D eigenvalue weighted by molar-refractivity contribution is 6.08. The van der Waals surface area contributed by atoms with Gasteiger partial charge in [0.25, 0.3) is 0 Å². The van der Waals surface area contributed by atoms with Crippen molar-refractivity contribution in [1.82, 2.24) is 9.55 Å². The zero-order valence-electron chi connectivity index (χ0n) is 21.9. The molecule has 192 valence electrons. The molecule has 7 heteroatoms. The second kappa shape index (κ2) is 11.1. The third-order valence-corrected chi connectivity index (χ3v) is 6.60. The Morgan fingerprint density at radius 2 is 1.69 bits per heavy atom. The molecule has 1 amide bonds. The topological polar surface area (TPSA) is 73.7 Å². The van der Waals surface area contributed by atoms with Gasteiger partial charge in [-0.05, 0) is 61.4 Å². The highest BCUT2D eigenvalue weighted by Gasteiger charge is 2.47. The van der Waals surface area contributed by atoms with Crippen LogP contribution < -0.4 is 9.64 Å². The minimum atomic E-state index is -1.00. The summed E-state index contributed by atoms with van der Waals surface area (Å²) in [4.78, 5) is 33.7. The summed E-state index contributed by atoms with van der Waals surface area (Å²) in [6.07, 6.45) is 1.78. The van der Waals surface area contributed by atoms with Crippen LogP contribution in [0, 0.1) is 17.8 Å². The maximum absolute atomic E-state index is 13.9. The zero-order chi connectivity index (χ0) is 25.8. The lowest BCUT2D eigenvalue weighted by Crippen LogP contribution is -2.50. The molecule has 2 heterocycles. The number of imidazole rings is 1. The van der Waals surface area contributed by atoms with Gasteiger partial charge in [0.1, 0.15) is 5.75 Å². The van der Waals surface area contributed by atoms with Gasteiger partial charge in [-0.25, -0.2) is 4.98 Å². The molecule has 0 saturated heterocycles. The third kappa shape index (κ3) is 5.25. The summed E-state index contributed by atoms with van der Waals surface area (Å²) >= 11 is 0. The van der Waals surface area contributed by atoms with Crippen LogP contribution in [0.4, 0.5) is 5.95 Å². The Morgan fingerprint density at radius 3 is 2.36 bits per heavy atom. The van der Waals surface area contributed by atoms with Crippen molar-refractivity contribution in [3.63, 3.8) is 0 Å². The Hall–Kier alpha value is -3.35. The molecular formula is C29H37N3O4. The molecule has 1 aliphatic heterocycles. The molecule has 1 aromatic heterocycles. The number of rotatable bonds is 10. The van der Waals surface area contributed by atoms with Crippen LogP contribution in [0.3, 0.4) is 0 Å². The summed E-state index contributed by atoms with van der Waals surface area (Å²) in [6.45, 7) is 11.7. The highest BCUT2D eigenvalue weighted by atomic mass is 16.5. The number of carbonyl (C=O) groups excluding carboxylic acids is 2. The van der Waals surface area contributed by atoms with E-state index in [0.717, 1.165) is 35.2 Å². The van der Waals surface area contributed by atoms with Gasteiger partial charge < -0.3 is 14.0 Å². The van der Waals surface area contributed by atoms with E-state index in [-0.39, 0.29) is 12.5 Å². The lowest BCUT2D eigenvalue weighted by atomic mass is 9.89. The number of fused-ring (bicyclic) bond motifs is 3. The SMILES string of the molecule is CCOC(=O)[C@H]1C(=O)N(CCC(C)C)c2nc3ccccc3n2[C@@H]1c1ccc(OCCC(C)C)cc1. The van der Waals surface area contributed by atoms with Crippen molar-refractivity contribution in [2.75, 3.05) is 24.7 Å². The van der Waals surface area contributed by atoms with Gasteiger partial charge in [0.05, 0.1) is 30.3 Å². The fraction of sp³-hybridized carbons (Fsp3) is 0.483. The number of nitrogens with zero attached hydrogens (tertiary/aromatic N) is 3. The van der Waals surface area contributed by atoms with Crippen LogP contribution in [0.2, 0.25) is 0 Å². The van der Waals surface area contributed by atoms with Gasteiger partial charge in [-0.2, -0.15) is 0 Å². The van der Waals surface area contributed by atoms with Crippen LogP contribution in [-0.4, -0.2) is 41.2 Å². The van der Waals surface area contributed by atoms with Crippen LogP contribution in [0.15, 0.2) is 48.5 Å². The van der Waals surface area contributed by atoms with E-state index >= 15 is 0 Å². The number of hydrogen-bond acceptors (Lipinski definition) is 5. The average Bonchev–Trinajstić information content (AvgIpc) is 3.22. The summed E-state index contributed by atoms with van der Waals surface area (Å²) < 4.78 is 13.4. The monoisotopic (exact) mass is 491 g/mol. The lowest BCUT2D eigenvalue weighted by molar-refractivity contribution is -0.153. The van der Waals surface area contributed by atoms with Crippen LogP contribution in [0.25, 0.3) is 11.0 Å². The fourth-order valence-corrected chi connectivity index (χ4v) is 4.62. The van der Waals surface area contributed by atoms with Crippen LogP contribution in [-0.2, 0) is 14.3 Å². The molecule has 0 N–H and O–H groups in total. The summed E-state index contributed by atoms with van der Waals surface area (Å²) in [6, 6.07) is 14.9. The maximum Gasteiger partial charge on any atom is 0.321 e. The highest BCUT2D eigenvalue weighted by Crippen LogP contribution is 2.41. The van der Waals surface area contributed by atoms with Gasteiger partial charge in [0.2, 0.25) is 11.9 Å². The van der Waals surface area contributed by atoms with Gasteiger partial charge in [0, 0.05) is 6.54 Å². The average molecular weight is 492 g/mol. The third-order valence-electron chi connectivity index (χ3n) is 6.60. The summed E-state index contributed by atoms with van der Waals surface area (Å²) in [5.41, 5.74) is 2.51. The van der Waals surface area contributed by atoms with Crippen molar-refractivity contribution in [2.24, 2.45) is 17.8 Å². The van der Waals surface area contributed by atoms with E-state index in [1.54, 1.807) is 11.8 Å². The number of aromatic nitrogens is 2. The molecular weight excluding hydrogens is 454 g/mol. The minimum absolute atomic E-state index is 0.210. The standard InChI is InChI=1S/C29H37N3O4/c1-6-35-28(34)25-26(21-11-13-22(14-12-21)36-18-16-20(4)5)32-24-10-8-7-9-23(24)30-29(32)31(27(25)33)17-15-19(2)3/h7-14,19-20,25-26H,6,15-18H2,1-5H3/t25-,26-/m1/s1. The van der Waals surface area contributed by atoms with Crippen LogP contribution in [0.1, 0.15) is 59.1 Å². The molecule has 1 aliphatic rings. The van der Waals surface area contributed by atoms with Crippen molar-refractivity contribution >= 4 is 28.9 Å². The Kier molecular flexibility index (Phi) is 7.97. The summed E-state index contributed by atoms with van der Waals surface area (Å²) in [7, 11) is 0. The van der Waals surface area contributed by atoms with Gasteiger partial charge in [0.15, 0.2) is 5.92 Å². The molecule has 3 aromatic rings. The van der Waals surface area contributed by atoms with Crippen molar-refractivity contribution < 1.29 is 19.1 Å². The van der Waals surface area contributed by atoms with Crippen LogP contribution in [0.5, 0.6) is 5.75 Å².